The van der Waals surface area contributed by atoms with Crippen LogP contribution in [-0.2, 0) is 17.1 Å². The number of nitrogen functional groups attached to an aromatic ring is 1. The zero-order valence-electron chi connectivity index (χ0n) is 10.5. The van der Waals surface area contributed by atoms with Crippen LogP contribution in [0.1, 0.15) is 17.0 Å². The first-order valence-corrected chi connectivity index (χ1v) is 6.60. The largest absolute Gasteiger partial charge is 0.398 e. The highest BCUT2D eigenvalue weighted by atomic mass is 32.2. The number of aryl methyl sites for hydroxylation is 1. The van der Waals surface area contributed by atoms with Crippen LogP contribution in [0.4, 0.5) is 5.69 Å². The van der Waals surface area contributed by atoms with E-state index in [2.05, 4.69) is 5.16 Å². The molecule has 0 saturated carbocycles. The Morgan fingerprint density at radius 1 is 1.44 bits per heavy atom. The van der Waals surface area contributed by atoms with E-state index in [0.29, 0.717) is 6.61 Å². The molecule has 0 bridgehead atoms. The molecule has 0 spiro atoms. The standard InChI is InChI=1S/C13H16N2O2S/c1-9-4-3-5-12(13(9)14)18-8-10-6-11(7-16-2)17-15-10/h3-6H,7-8,14H2,1-2H3. The van der Waals surface area contributed by atoms with E-state index in [9.17, 15) is 0 Å². The summed E-state index contributed by atoms with van der Waals surface area (Å²) in [5, 5.41) is 3.99. The molecule has 0 amide bonds. The first-order chi connectivity index (χ1) is 8.70. The molecule has 0 unspecified atom stereocenters. The van der Waals surface area contributed by atoms with Gasteiger partial charge in [0.15, 0.2) is 5.76 Å². The fourth-order valence-electron chi connectivity index (χ4n) is 1.57. The van der Waals surface area contributed by atoms with Gasteiger partial charge in [0.05, 0.1) is 5.69 Å². The lowest BCUT2D eigenvalue weighted by Gasteiger charge is -2.06. The highest BCUT2D eigenvalue weighted by Crippen LogP contribution is 2.29. The van der Waals surface area contributed by atoms with E-state index in [0.717, 1.165) is 33.4 Å². The summed E-state index contributed by atoms with van der Waals surface area (Å²) in [5.41, 5.74) is 8.84. The Kier molecular flexibility index (Phi) is 4.28. The van der Waals surface area contributed by atoms with Crippen LogP contribution >= 0.6 is 11.8 Å². The monoisotopic (exact) mass is 264 g/mol. The van der Waals surface area contributed by atoms with E-state index in [1.54, 1.807) is 18.9 Å². The van der Waals surface area contributed by atoms with Gasteiger partial charge in [-0.05, 0) is 18.6 Å². The Balaban J connectivity index is 2.00. The number of rotatable bonds is 5. The lowest BCUT2D eigenvalue weighted by atomic mass is 10.2. The molecule has 5 heteroatoms. The van der Waals surface area contributed by atoms with Crippen molar-refractivity contribution in [2.24, 2.45) is 0 Å². The van der Waals surface area contributed by atoms with E-state index >= 15 is 0 Å². The number of para-hydroxylation sites is 1. The van der Waals surface area contributed by atoms with Crippen LogP contribution in [0.25, 0.3) is 0 Å². The molecular weight excluding hydrogens is 248 g/mol. The molecule has 96 valence electrons. The van der Waals surface area contributed by atoms with Crippen LogP contribution in [0.3, 0.4) is 0 Å². The van der Waals surface area contributed by atoms with Gasteiger partial charge in [0.1, 0.15) is 6.61 Å². The third-order valence-corrected chi connectivity index (χ3v) is 3.66. The quantitative estimate of drug-likeness (QED) is 0.664. The lowest BCUT2D eigenvalue weighted by molar-refractivity contribution is 0.156. The Bertz CT molecular complexity index is 525. The predicted molar refractivity (Wildman–Crippen MR) is 72.4 cm³/mol. The van der Waals surface area contributed by atoms with E-state index < -0.39 is 0 Å². The van der Waals surface area contributed by atoms with Gasteiger partial charge in [-0.2, -0.15) is 0 Å². The Labute approximate surface area is 110 Å². The van der Waals surface area contributed by atoms with Crippen molar-refractivity contribution in [3.63, 3.8) is 0 Å². The Morgan fingerprint density at radius 2 is 2.28 bits per heavy atom. The second-order valence-electron chi connectivity index (χ2n) is 3.99. The maximum absolute atomic E-state index is 6.01. The average molecular weight is 264 g/mol. The van der Waals surface area contributed by atoms with E-state index in [1.165, 1.54) is 0 Å². The topological polar surface area (TPSA) is 61.3 Å². The highest BCUT2D eigenvalue weighted by Gasteiger charge is 2.07. The van der Waals surface area contributed by atoms with Crippen molar-refractivity contribution in [3.8, 4) is 0 Å². The predicted octanol–water partition coefficient (Wildman–Crippen LogP) is 3.00. The van der Waals surface area contributed by atoms with Crippen LogP contribution in [0.15, 0.2) is 33.7 Å². The van der Waals surface area contributed by atoms with Gasteiger partial charge >= 0.3 is 0 Å². The summed E-state index contributed by atoms with van der Waals surface area (Å²) in [5.74, 6) is 1.48. The first-order valence-electron chi connectivity index (χ1n) is 5.62. The second kappa shape index (κ2) is 5.93. The number of benzene rings is 1. The lowest BCUT2D eigenvalue weighted by Crippen LogP contribution is -1.92. The summed E-state index contributed by atoms with van der Waals surface area (Å²) in [7, 11) is 1.63. The Morgan fingerprint density at radius 3 is 3.06 bits per heavy atom. The van der Waals surface area contributed by atoms with E-state index in [4.69, 9.17) is 15.0 Å². The first kappa shape index (κ1) is 13.0. The fraction of sp³-hybridized carbons (Fsp3) is 0.308. The molecule has 2 N–H and O–H groups in total. The summed E-state index contributed by atoms with van der Waals surface area (Å²) in [6.45, 7) is 2.45. The summed E-state index contributed by atoms with van der Waals surface area (Å²) < 4.78 is 10.1. The van der Waals surface area contributed by atoms with Gasteiger partial charge in [0.25, 0.3) is 0 Å². The number of hydrogen-bond donors (Lipinski definition) is 1. The summed E-state index contributed by atoms with van der Waals surface area (Å²) >= 11 is 1.66. The van der Waals surface area contributed by atoms with Gasteiger partial charge in [-0.25, -0.2) is 0 Å². The SMILES string of the molecule is COCc1cc(CSc2cccc(C)c2N)no1. The molecule has 0 aliphatic carbocycles. The summed E-state index contributed by atoms with van der Waals surface area (Å²) in [4.78, 5) is 1.08. The number of anilines is 1. The summed E-state index contributed by atoms with van der Waals surface area (Å²) in [6.07, 6.45) is 0. The maximum Gasteiger partial charge on any atom is 0.162 e. The van der Waals surface area contributed by atoms with E-state index in [-0.39, 0.29) is 0 Å². The van der Waals surface area contributed by atoms with Crippen molar-refractivity contribution in [1.82, 2.24) is 5.16 Å². The average Bonchev–Trinajstić information content (AvgIpc) is 2.79. The molecule has 0 fully saturated rings. The molecule has 0 aliphatic heterocycles. The molecule has 0 aliphatic rings. The van der Waals surface area contributed by atoms with Crippen LogP contribution in [0.5, 0.6) is 0 Å². The third kappa shape index (κ3) is 3.05. The molecule has 18 heavy (non-hydrogen) atoms. The number of nitrogens with two attached hydrogens (primary N) is 1. The fourth-order valence-corrected chi connectivity index (χ4v) is 2.50. The molecular formula is C13H16N2O2S. The van der Waals surface area contributed by atoms with Crippen LogP contribution in [0, 0.1) is 6.92 Å². The Hall–Kier alpha value is -1.46. The molecule has 2 aromatic rings. The van der Waals surface area contributed by atoms with Crippen molar-refractivity contribution in [3.05, 3.63) is 41.3 Å². The number of hydrogen-bond acceptors (Lipinski definition) is 5. The normalized spacial score (nSPS) is 10.8. The van der Waals surface area contributed by atoms with Crippen molar-refractivity contribution < 1.29 is 9.26 Å². The van der Waals surface area contributed by atoms with Gasteiger partial charge < -0.3 is 15.0 Å². The number of nitrogens with zero attached hydrogens (tertiary/aromatic N) is 1. The molecule has 0 radical (unpaired) electrons. The number of ether oxygens (including phenoxy) is 1. The van der Waals surface area contributed by atoms with Gasteiger partial charge in [0.2, 0.25) is 0 Å². The van der Waals surface area contributed by atoms with Crippen molar-refractivity contribution in [1.29, 1.82) is 0 Å². The van der Waals surface area contributed by atoms with E-state index in [1.807, 2.05) is 31.2 Å². The van der Waals surface area contributed by atoms with Crippen LogP contribution in [0.2, 0.25) is 0 Å². The van der Waals surface area contributed by atoms with Crippen LogP contribution in [-0.4, -0.2) is 12.3 Å². The van der Waals surface area contributed by atoms with Gasteiger partial charge in [-0.15, -0.1) is 11.8 Å². The molecule has 1 heterocycles. The third-order valence-electron chi connectivity index (χ3n) is 2.55. The maximum atomic E-state index is 6.01. The molecule has 0 atom stereocenters. The molecule has 2 rings (SSSR count). The zero-order chi connectivity index (χ0) is 13.0. The van der Waals surface area contributed by atoms with Crippen molar-refractivity contribution >= 4 is 17.4 Å². The van der Waals surface area contributed by atoms with Gasteiger partial charge in [-0.3, -0.25) is 0 Å². The molecule has 1 aromatic heterocycles. The number of aromatic nitrogens is 1. The highest BCUT2D eigenvalue weighted by molar-refractivity contribution is 7.98. The zero-order valence-corrected chi connectivity index (χ0v) is 11.3. The minimum Gasteiger partial charge on any atom is -0.398 e. The smallest absolute Gasteiger partial charge is 0.162 e. The van der Waals surface area contributed by atoms with Crippen molar-refractivity contribution in [2.45, 2.75) is 24.2 Å². The van der Waals surface area contributed by atoms with Gasteiger partial charge in [-0.1, -0.05) is 17.3 Å². The molecule has 0 saturated heterocycles. The molecule has 4 nitrogen and oxygen atoms in total. The molecule has 1 aromatic carbocycles. The van der Waals surface area contributed by atoms with Gasteiger partial charge in [0, 0.05) is 29.5 Å². The second-order valence-corrected chi connectivity index (χ2v) is 5.01. The minimum atomic E-state index is 0.449. The van der Waals surface area contributed by atoms with Crippen LogP contribution < -0.4 is 5.73 Å². The summed E-state index contributed by atoms with van der Waals surface area (Å²) in [6, 6.07) is 7.94. The number of methoxy groups -OCH3 is 1. The number of thioether (sulfide) groups is 1. The minimum absolute atomic E-state index is 0.449. The van der Waals surface area contributed by atoms with Crippen molar-refractivity contribution in [2.75, 3.05) is 12.8 Å².